The number of hydrogen-bond donors (Lipinski definition) is 2. The van der Waals surface area contributed by atoms with Crippen LogP contribution in [0.1, 0.15) is 71.3 Å². The minimum atomic E-state index is 0. The molecule has 33 heavy (non-hydrogen) atoms. The summed E-state index contributed by atoms with van der Waals surface area (Å²) in [6.07, 6.45) is 8.95. The lowest BCUT2D eigenvalue weighted by Crippen LogP contribution is -2.28. The molecule has 6 heteroatoms. The lowest BCUT2D eigenvalue weighted by Gasteiger charge is -2.17. The van der Waals surface area contributed by atoms with Gasteiger partial charge in [0.1, 0.15) is 5.84 Å². The first-order valence-corrected chi connectivity index (χ1v) is 11.5. The molecule has 0 fully saturated rings. The summed E-state index contributed by atoms with van der Waals surface area (Å²) in [6, 6.07) is 7.73. The van der Waals surface area contributed by atoms with Gasteiger partial charge in [-0.2, -0.15) is 0 Å². The van der Waals surface area contributed by atoms with Crippen molar-refractivity contribution in [3.05, 3.63) is 34.9 Å². The second-order valence-corrected chi connectivity index (χ2v) is 7.68. The number of guanidine groups is 1. The highest BCUT2D eigenvalue weighted by Gasteiger charge is 2.04. The number of aliphatic imine (C=N–C) groups is 1. The maximum Gasteiger partial charge on any atom is 0.219 e. The number of benzene rings is 1. The number of amidine groups is 1. The molecule has 1 rings (SSSR count). The summed E-state index contributed by atoms with van der Waals surface area (Å²) >= 11 is 5.87. The molecule has 0 bridgehead atoms. The molecule has 0 saturated carbocycles. The van der Waals surface area contributed by atoms with Gasteiger partial charge in [-0.3, -0.25) is 5.41 Å². The van der Waals surface area contributed by atoms with Gasteiger partial charge in [-0.05, 0) is 68.1 Å². The van der Waals surface area contributed by atoms with Gasteiger partial charge in [0, 0.05) is 25.0 Å². The number of rotatable bonds is 10. The van der Waals surface area contributed by atoms with Gasteiger partial charge in [0.25, 0.3) is 0 Å². The first kappa shape index (κ1) is 32.6. The molecule has 0 amide bonds. The van der Waals surface area contributed by atoms with Crippen LogP contribution < -0.4 is 5.73 Å². The summed E-state index contributed by atoms with van der Waals surface area (Å²) in [7, 11) is 1.91. The van der Waals surface area contributed by atoms with Crippen LogP contribution in [-0.4, -0.2) is 30.3 Å². The number of nitrogens with one attached hydrogen (secondary N) is 1. The maximum absolute atomic E-state index is 8.02. The molecule has 0 saturated heterocycles. The fourth-order valence-electron chi connectivity index (χ4n) is 2.62. The van der Waals surface area contributed by atoms with E-state index in [9.17, 15) is 0 Å². The van der Waals surface area contributed by atoms with Crippen LogP contribution in [0.15, 0.2) is 29.3 Å². The number of nitrogens with two attached hydrogens (primary N) is 1. The van der Waals surface area contributed by atoms with Crippen LogP contribution in [0.3, 0.4) is 0 Å². The number of nitrogens with zero attached hydrogens (tertiary/aromatic N) is 2. The minimum Gasteiger partial charge on any atom is -0.387 e. The van der Waals surface area contributed by atoms with Crippen molar-refractivity contribution in [2.24, 2.45) is 10.7 Å². The molecule has 1 aromatic rings. The Hall–Kier alpha value is -2.58. The molecule has 4 nitrogen and oxygen atoms in total. The highest BCUT2D eigenvalue weighted by Crippen LogP contribution is 2.11. The molecule has 0 aliphatic heterocycles. The molecule has 0 aliphatic rings. The van der Waals surface area contributed by atoms with Crippen molar-refractivity contribution in [3.8, 4) is 35.5 Å². The third-order valence-electron chi connectivity index (χ3n) is 4.48. The minimum absolute atomic E-state index is 0. The van der Waals surface area contributed by atoms with Gasteiger partial charge in [-0.15, -0.1) is 12.4 Å². The predicted octanol–water partition coefficient (Wildman–Crippen LogP) is 6.32. The summed E-state index contributed by atoms with van der Waals surface area (Å²) in [5, 5.41) is 8.76. The molecule has 0 atom stereocenters. The van der Waals surface area contributed by atoms with Crippen LogP contribution in [0.4, 0.5) is 0 Å². The van der Waals surface area contributed by atoms with E-state index in [1.165, 1.54) is 37.7 Å². The van der Waals surface area contributed by atoms with Gasteiger partial charge < -0.3 is 10.6 Å². The molecule has 0 heterocycles. The fraction of sp³-hybridized carbons (Fsp3) is 0.481. The third kappa shape index (κ3) is 19.8. The smallest absolute Gasteiger partial charge is 0.219 e. The zero-order chi connectivity index (χ0) is 24.0. The molecular formula is C27H38Cl2N4. The third-order valence-corrected chi connectivity index (χ3v) is 4.73. The lowest BCUT2D eigenvalue weighted by atomic mass is 10.1. The number of hydrogen-bond acceptors (Lipinski definition) is 1. The van der Waals surface area contributed by atoms with E-state index in [-0.39, 0.29) is 18.4 Å². The summed E-state index contributed by atoms with van der Waals surface area (Å²) in [6.45, 7) is 6.57. The average Bonchev–Trinajstić information content (AvgIpc) is 2.79. The van der Waals surface area contributed by atoms with Gasteiger partial charge in [-0.1, -0.05) is 74.6 Å². The Balaban J connectivity index is 0. The summed E-state index contributed by atoms with van der Waals surface area (Å²) in [5.41, 5.74) is 7.13. The van der Waals surface area contributed by atoms with E-state index in [4.69, 9.17) is 22.7 Å². The van der Waals surface area contributed by atoms with Crippen molar-refractivity contribution in [1.82, 2.24) is 4.90 Å². The number of aryl methyl sites for hydroxylation is 1. The van der Waals surface area contributed by atoms with Crippen LogP contribution in [0, 0.1) is 40.9 Å². The second kappa shape index (κ2) is 22.6. The van der Waals surface area contributed by atoms with Crippen molar-refractivity contribution >= 4 is 35.8 Å². The van der Waals surface area contributed by atoms with E-state index in [0.29, 0.717) is 12.3 Å². The van der Waals surface area contributed by atoms with Crippen LogP contribution >= 0.6 is 24.0 Å². The topological polar surface area (TPSA) is 65.5 Å². The molecule has 0 spiro atoms. The average molecular weight is 490 g/mol. The highest BCUT2D eigenvalue weighted by atomic mass is 35.5. The SMILES string of the molecule is CC#CC#CC#CC.CCCCCCCCN(C)C(=N)N=C(N)CCc1ccc(Cl)cc1.Cl. The number of halogens is 2. The maximum atomic E-state index is 8.02. The van der Waals surface area contributed by atoms with E-state index in [1.54, 1.807) is 13.8 Å². The fourth-order valence-corrected chi connectivity index (χ4v) is 2.75. The van der Waals surface area contributed by atoms with Crippen LogP contribution in [0.25, 0.3) is 0 Å². The Labute approximate surface area is 212 Å². The first-order chi connectivity index (χ1) is 15.4. The zero-order valence-electron chi connectivity index (χ0n) is 20.4. The van der Waals surface area contributed by atoms with Crippen molar-refractivity contribution < 1.29 is 0 Å². The molecule has 180 valence electrons. The predicted molar refractivity (Wildman–Crippen MR) is 147 cm³/mol. The van der Waals surface area contributed by atoms with Crippen LogP contribution in [0.2, 0.25) is 5.02 Å². The van der Waals surface area contributed by atoms with E-state index in [0.717, 1.165) is 24.4 Å². The molecule has 0 radical (unpaired) electrons. The monoisotopic (exact) mass is 488 g/mol. The van der Waals surface area contributed by atoms with Gasteiger partial charge in [0.15, 0.2) is 0 Å². The Morgan fingerprint density at radius 3 is 2.06 bits per heavy atom. The number of unbranched alkanes of at least 4 members (excludes halogenated alkanes) is 5. The highest BCUT2D eigenvalue weighted by molar-refractivity contribution is 6.30. The Morgan fingerprint density at radius 2 is 1.52 bits per heavy atom. The quantitative estimate of drug-likeness (QED) is 0.175. The van der Waals surface area contributed by atoms with Crippen molar-refractivity contribution in [2.45, 2.75) is 72.1 Å². The zero-order valence-corrected chi connectivity index (χ0v) is 22.0. The summed E-state index contributed by atoms with van der Waals surface area (Å²) in [4.78, 5) is 6.09. The van der Waals surface area contributed by atoms with E-state index < -0.39 is 0 Å². The summed E-state index contributed by atoms with van der Waals surface area (Å²) < 4.78 is 0. The lowest BCUT2D eigenvalue weighted by molar-refractivity contribution is 0.460. The molecule has 0 unspecified atom stereocenters. The molecule has 0 aromatic heterocycles. The van der Waals surface area contributed by atoms with E-state index in [2.05, 4.69) is 47.4 Å². The largest absolute Gasteiger partial charge is 0.387 e. The molecule has 0 aliphatic carbocycles. The molecular weight excluding hydrogens is 451 g/mol. The Kier molecular flexibility index (Phi) is 22.3. The van der Waals surface area contributed by atoms with Crippen molar-refractivity contribution in [2.75, 3.05) is 13.6 Å². The van der Waals surface area contributed by atoms with Gasteiger partial charge in [-0.25, -0.2) is 4.99 Å². The van der Waals surface area contributed by atoms with Gasteiger partial charge in [0.05, 0.1) is 0 Å². The van der Waals surface area contributed by atoms with E-state index >= 15 is 0 Å². The Bertz CT molecular complexity index is 848. The van der Waals surface area contributed by atoms with Gasteiger partial charge in [0.2, 0.25) is 5.96 Å². The van der Waals surface area contributed by atoms with Crippen molar-refractivity contribution in [1.29, 1.82) is 5.41 Å². The van der Waals surface area contributed by atoms with Gasteiger partial charge >= 0.3 is 0 Å². The Morgan fingerprint density at radius 1 is 0.970 bits per heavy atom. The molecule has 3 N–H and O–H groups in total. The normalized spacial score (nSPS) is 9.30. The standard InChI is InChI=1S/C19H31ClN4.C8H6.ClH/c1-3-4-5-6-7-8-15-24(2)19(22)23-18(21)14-11-16-9-12-17(20)13-10-16;1-3-5-7-8-6-4-2;/h9-10,12-13H,3-8,11,14-15H2,1-2H3,(H3,21,22,23);1-2H3;1H. The summed E-state index contributed by atoms with van der Waals surface area (Å²) in [5.74, 6) is 16.3. The second-order valence-electron chi connectivity index (χ2n) is 7.24. The molecule has 1 aromatic carbocycles. The van der Waals surface area contributed by atoms with Crippen LogP contribution in [0.5, 0.6) is 0 Å². The van der Waals surface area contributed by atoms with Crippen LogP contribution in [-0.2, 0) is 6.42 Å². The first-order valence-electron chi connectivity index (χ1n) is 11.1. The van der Waals surface area contributed by atoms with E-state index in [1.807, 2.05) is 36.2 Å². The van der Waals surface area contributed by atoms with Crippen molar-refractivity contribution in [3.63, 3.8) is 0 Å².